The summed E-state index contributed by atoms with van der Waals surface area (Å²) < 4.78 is 4.81. The molecule has 0 amide bonds. The summed E-state index contributed by atoms with van der Waals surface area (Å²) in [6.45, 7) is 5.15. The van der Waals surface area contributed by atoms with E-state index in [0.717, 1.165) is 19.3 Å². The Hall–Kier alpha value is -2.22. The van der Waals surface area contributed by atoms with E-state index in [9.17, 15) is 34.5 Å². The zero-order valence-corrected chi connectivity index (χ0v) is 16.6. The highest BCUT2D eigenvalue weighted by atomic mass is 16.5. The summed E-state index contributed by atoms with van der Waals surface area (Å²) in [5.41, 5.74) is -3.45. The molecule has 1 aliphatic rings. The minimum Gasteiger partial charge on any atom is -0.481 e. The van der Waals surface area contributed by atoms with Gasteiger partial charge in [-0.3, -0.25) is 19.2 Å². The van der Waals surface area contributed by atoms with Crippen molar-refractivity contribution in [3.8, 4) is 0 Å². The maximum atomic E-state index is 12.7. The van der Waals surface area contributed by atoms with Gasteiger partial charge in [0.2, 0.25) is 0 Å². The number of hydrogen-bond donors (Lipinski definition) is 3. The predicted molar refractivity (Wildman–Crippen MR) is 99.5 cm³/mol. The van der Waals surface area contributed by atoms with Crippen molar-refractivity contribution in [2.75, 3.05) is 6.61 Å². The number of aliphatic carboxylic acids is 2. The molecule has 0 saturated heterocycles. The van der Waals surface area contributed by atoms with Crippen LogP contribution in [0.5, 0.6) is 0 Å². The quantitative estimate of drug-likeness (QED) is 0.208. The third-order valence-corrected chi connectivity index (χ3v) is 5.26. The zero-order chi connectivity index (χ0) is 21.5. The molecule has 1 aliphatic carbocycles. The van der Waals surface area contributed by atoms with Crippen molar-refractivity contribution < 1.29 is 39.2 Å². The van der Waals surface area contributed by atoms with E-state index in [1.54, 1.807) is 13.8 Å². The number of rotatable bonds is 11. The second-order valence-electron chi connectivity index (χ2n) is 7.53. The molecular weight excluding hydrogens is 368 g/mol. The largest absolute Gasteiger partial charge is 0.481 e. The van der Waals surface area contributed by atoms with E-state index >= 15 is 0 Å². The molecule has 1 saturated carbocycles. The van der Waals surface area contributed by atoms with E-state index in [-0.39, 0.29) is 13.0 Å². The molecule has 0 spiro atoms. The number of esters is 1. The summed E-state index contributed by atoms with van der Waals surface area (Å²) in [4.78, 5) is 48.2. The van der Waals surface area contributed by atoms with E-state index in [4.69, 9.17) is 4.74 Å². The molecule has 0 aromatic carbocycles. The molecule has 0 aromatic rings. The number of carboxylic acids is 2. The van der Waals surface area contributed by atoms with Crippen molar-refractivity contribution in [3.63, 3.8) is 0 Å². The number of allylic oxidation sites excluding steroid dienone is 1. The molecule has 158 valence electrons. The summed E-state index contributed by atoms with van der Waals surface area (Å²) in [6, 6.07) is 0. The Morgan fingerprint density at radius 3 is 2.39 bits per heavy atom. The lowest BCUT2D eigenvalue weighted by Crippen LogP contribution is -2.44. The first-order chi connectivity index (χ1) is 13.0. The van der Waals surface area contributed by atoms with Crippen LogP contribution in [0.4, 0.5) is 0 Å². The van der Waals surface area contributed by atoms with Gasteiger partial charge in [0.1, 0.15) is 11.3 Å². The van der Waals surface area contributed by atoms with Crippen LogP contribution >= 0.6 is 0 Å². The molecule has 2 unspecified atom stereocenters. The average molecular weight is 398 g/mol. The first kappa shape index (κ1) is 23.8. The molecule has 0 heterocycles. The Morgan fingerprint density at radius 2 is 1.89 bits per heavy atom. The number of Topliss-reactive ketones (excluding diaryl/α,β-unsaturated/α-hetero) is 1. The van der Waals surface area contributed by atoms with Gasteiger partial charge in [-0.15, -0.1) is 0 Å². The predicted octanol–water partition coefficient (Wildman–Crippen LogP) is 2.19. The Kier molecular flexibility index (Phi) is 8.35. The minimum atomic E-state index is -2.22. The summed E-state index contributed by atoms with van der Waals surface area (Å²) in [5.74, 6) is -7.44. The lowest BCUT2D eigenvalue weighted by Gasteiger charge is -2.28. The molecule has 1 rings (SSSR count). The summed E-state index contributed by atoms with van der Waals surface area (Å²) in [5, 5.41) is 29.6. The first-order valence-corrected chi connectivity index (χ1v) is 9.59. The SMILES string of the molecule is CCCCCC(C)(O)C=CC1C[C@@H](C(=O)O)C(=O)[C@]1(CC(=O)OCC)C(=O)O. The van der Waals surface area contributed by atoms with Gasteiger partial charge >= 0.3 is 17.9 Å². The van der Waals surface area contributed by atoms with Crippen LogP contribution in [-0.4, -0.2) is 51.2 Å². The second-order valence-corrected chi connectivity index (χ2v) is 7.53. The first-order valence-electron chi connectivity index (χ1n) is 9.59. The molecule has 0 aromatic heterocycles. The Morgan fingerprint density at radius 1 is 1.25 bits per heavy atom. The molecular formula is C20H30O8. The zero-order valence-electron chi connectivity index (χ0n) is 16.6. The number of carboxylic acid groups (broad SMARTS) is 2. The summed E-state index contributed by atoms with van der Waals surface area (Å²) in [7, 11) is 0. The van der Waals surface area contributed by atoms with Crippen LogP contribution in [0, 0.1) is 17.3 Å². The summed E-state index contributed by atoms with van der Waals surface area (Å²) in [6.07, 6.45) is 4.90. The van der Waals surface area contributed by atoms with Gasteiger partial charge in [0, 0.05) is 5.92 Å². The smallest absolute Gasteiger partial charge is 0.318 e. The molecule has 3 N–H and O–H groups in total. The van der Waals surface area contributed by atoms with Crippen molar-refractivity contribution in [3.05, 3.63) is 12.2 Å². The highest BCUT2D eigenvalue weighted by Crippen LogP contribution is 2.48. The number of hydrogen-bond acceptors (Lipinski definition) is 6. The van der Waals surface area contributed by atoms with Gasteiger partial charge in [-0.05, 0) is 26.7 Å². The number of carbonyl (C=O) groups is 4. The van der Waals surface area contributed by atoms with Crippen molar-refractivity contribution in [1.29, 1.82) is 0 Å². The monoisotopic (exact) mass is 398 g/mol. The molecule has 28 heavy (non-hydrogen) atoms. The highest BCUT2D eigenvalue weighted by Gasteiger charge is 2.62. The van der Waals surface area contributed by atoms with Crippen molar-refractivity contribution >= 4 is 23.7 Å². The van der Waals surface area contributed by atoms with Gasteiger partial charge in [-0.1, -0.05) is 38.3 Å². The van der Waals surface area contributed by atoms with Crippen LogP contribution in [0.25, 0.3) is 0 Å². The van der Waals surface area contributed by atoms with E-state index in [2.05, 4.69) is 0 Å². The second kappa shape index (κ2) is 9.82. The highest BCUT2D eigenvalue weighted by molar-refractivity contribution is 6.14. The maximum absolute atomic E-state index is 12.7. The maximum Gasteiger partial charge on any atom is 0.318 e. The van der Waals surface area contributed by atoms with E-state index < -0.39 is 53.0 Å². The third kappa shape index (κ3) is 5.41. The third-order valence-electron chi connectivity index (χ3n) is 5.26. The van der Waals surface area contributed by atoms with Crippen LogP contribution < -0.4 is 0 Å². The fourth-order valence-corrected chi connectivity index (χ4v) is 3.65. The van der Waals surface area contributed by atoms with Gasteiger partial charge in [-0.2, -0.15) is 0 Å². The number of ether oxygens (including phenoxy) is 1. The number of carbonyl (C=O) groups excluding carboxylic acids is 2. The fraction of sp³-hybridized carbons (Fsp3) is 0.700. The minimum absolute atomic E-state index is 0.0116. The van der Waals surface area contributed by atoms with Crippen LogP contribution in [0.15, 0.2) is 12.2 Å². The number of unbranched alkanes of at least 4 members (excludes halogenated alkanes) is 2. The van der Waals surface area contributed by atoms with Crippen LogP contribution in [-0.2, 0) is 23.9 Å². The molecule has 4 atom stereocenters. The van der Waals surface area contributed by atoms with Crippen molar-refractivity contribution in [1.82, 2.24) is 0 Å². The number of ketones is 1. The van der Waals surface area contributed by atoms with Gasteiger partial charge in [0.05, 0.1) is 18.6 Å². The Bertz CT molecular complexity index is 636. The molecule has 8 heteroatoms. The van der Waals surface area contributed by atoms with Crippen LogP contribution in [0.2, 0.25) is 0 Å². The van der Waals surface area contributed by atoms with Crippen LogP contribution in [0.3, 0.4) is 0 Å². The lowest BCUT2D eigenvalue weighted by atomic mass is 9.73. The average Bonchev–Trinajstić information content (AvgIpc) is 2.87. The molecule has 0 radical (unpaired) electrons. The molecule has 1 fully saturated rings. The standard InChI is InChI=1S/C20H30O8/c1-4-6-7-9-19(3,27)10-8-13-11-14(17(23)24)16(22)20(13,18(25)26)12-15(21)28-5-2/h8,10,13-14,27H,4-7,9,11-12H2,1-3H3,(H,23,24)(H,25,26)/t13?,14-,19?,20-/m1/s1. The topological polar surface area (TPSA) is 138 Å². The van der Waals surface area contributed by atoms with Crippen molar-refractivity contribution in [2.45, 2.75) is 64.9 Å². The van der Waals surface area contributed by atoms with E-state index in [1.165, 1.54) is 12.2 Å². The van der Waals surface area contributed by atoms with Gasteiger partial charge in [0.25, 0.3) is 0 Å². The molecule has 0 bridgehead atoms. The van der Waals surface area contributed by atoms with Gasteiger partial charge < -0.3 is 20.1 Å². The van der Waals surface area contributed by atoms with Gasteiger partial charge in [-0.25, -0.2) is 0 Å². The number of aliphatic hydroxyl groups is 1. The van der Waals surface area contributed by atoms with Crippen LogP contribution in [0.1, 0.15) is 59.3 Å². The Labute approximate surface area is 164 Å². The fourth-order valence-electron chi connectivity index (χ4n) is 3.65. The molecule has 0 aliphatic heterocycles. The van der Waals surface area contributed by atoms with Crippen molar-refractivity contribution in [2.24, 2.45) is 17.3 Å². The molecule has 8 nitrogen and oxygen atoms in total. The van der Waals surface area contributed by atoms with E-state index in [1.807, 2.05) is 6.92 Å². The van der Waals surface area contributed by atoms with E-state index in [0.29, 0.717) is 6.42 Å². The normalized spacial score (nSPS) is 26.9. The Balaban J connectivity index is 3.24. The van der Waals surface area contributed by atoms with Gasteiger partial charge in [0.15, 0.2) is 5.78 Å². The lowest BCUT2D eigenvalue weighted by molar-refractivity contribution is -0.164. The summed E-state index contributed by atoms with van der Waals surface area (Å²) >= 11 is 0.